The van der Waals surface area contributed by atoms with Crippen LogP contribution in [0.4, 0.5) is 5.69 Å². The summed E-state index contributed by atoms with van der Waals surface area (Å²) in [6, 6.07) is 11.3. The fourth-order valence-corrected chi connectivity index (χ4v) is 4.92. The van der Waals surface area contributed by atoms with Crippen molar-refractivity contribution in [3.05, 3.63) is 53.6 Å². The minimum absolute atomic E-state index is 0.162. The lowest BCUT2D eigenvalue weighted by atomic mass is 10.1. The Morgan fingerprint density at radius 1 is 1.15 bits per heavy atom. The zero-order valence-electron chi connectivity index (χ0n) is 15.7. The number of hydrogen-bond acceptors (Lipinski definition) is 4. The van der Waals surface area contributed by atoms with Crippen molar-refractivity contribution in [1.29, 1.82) is 0 Å². The van der Waals surface area contributed by atoms with E-state index in [0.29, 0.717) is 30.8 Å². The van der Waals surface area contributed by atoms with Gasteiger partial charge in [-0.15, -0.1) is 0 Å². The van der Waals surface area contributed by atoms with Crippen LogP contribution in [0.2, 0.25) is 0 Å². The van der Waals surface area contributed by atoms with E-state index in [1.54, 1.807) is 12.1 Å². The predicted molar refractivity (Wildman–Crippen MR) is 104 cm³/mol. The van der Waals surface area contributed by atoms with Crippen molar-refractivity contribution in [2.45, 2.75) is 37.6 Å². The molecule has 0 saturated carbocycles. The molecule has 1 fully saturated rings. The van der Waals surface area contributed by atoms with Gasteiger partial charge >= 0.3 is 0 Å². The van der Waals surface area contributed by atoms with Gasteiger partial charge in [0.15, 0.2) is 0 Å². The Hall–Kier alpha value is -2.38. The number of nitrogens with one attached hydrogen (secondary N) is 1. The van der Waals surface area contributed by atoms with Crippen molar-refractivity contribution >= 4 is 21.6 Å². The summed E-state index contributed by atoms with van der Waals surface area (Å²) in [5, 5.41) is 2.90. The van der Waals surface area contributed by atoms with Gasteiger partial charge in [-0.3, -0.25) is 4.79 Å². The van der Waals surface area contributed by atoms with Crippen LogP contribution in [-0.4, -0.2) is 38.3 Å². The third-order valence-electron chi connectivity index (χ3n) is 4.82. The van der Waals surface area contributed by atoms with E-state index in [0.717, 1.165) is 11.1 Å². The highest BCUT2D eigenvalue weighted by atomic mass is 32.2. The van der Waals surface area contributed by atoms with Gasteiger partial charge in [0.1, 0.15) is 11.8 Å². The van der Waals surface area contributed by atoms with Crippen LogP contribution in [0.15, 0.2) is 47.4 Å². The second kappa shape index (κ2) is 7.70. The second-order valence-corrected chi connectivity index (χ2v) is 8.65. The number of amides is 1. The molecule has 6 nitrogen and oxygen atoms in total. The fraction of sp³-hybridized carbons (Fsp3) is 0.350. The Labute approximate surface area is 160 Å². The molecule has 1 unspecified atom stereocenters. The van der Waals surface area contributed by atoms with Gasteiger partial charge in [0.25, 0.3) is 0 Å². The molecule has 1 aliphatic heterocycles. The molecule has 3 rings (SSSR count). The first kappa shape index (κ1) is 19.4. The van der Waals surface area contributed by atoms with Crippen molar-refractivity contribution in [2.75, 3.05) is 19.0 Å². The third-order valence-corrected chi connectivity index (χ3v) is 6.75. The number of carbonyl (C=O) groups is 1. The number of rotatable bonds is 5. The molecule has 1 heterocycles. The summed E-state index contributed by atoms with van der Waals surface area (Å²) in [6.07, 6.45) is 1.16. The van der Waals surface area contributed by atoms with Crippen molar-refractivity contribution in [3.8, 4) is 5.75 Å². The summed E-state index contributed by atoms with van der Waals surface area (Å²) in [4.78, 5) is 13.0. The molecule has 0 radical (unpaired) electrons. The minimum Gasteiger partial charge on any atom is -0.497 e. The highest BCUT2D eigenvalue weighted by Gasteiger charge is 2.39. The summed E-state index contributed by atoms with van der Waals surface area (Å²) in [5.74, 6) is 0.290. The lowest BCUT2D eigenvalue weighted by Gasteiger charge is -2.24. The number of anilines is 1. The summed E-state index contributed by atoms with van der Waals surface area (Å²) >= 11 is 0. The highest BCUT2D eigenvalue weighted by Crippen LogP contribution is 2.28. The van der Waals surface area contributed by atoms with Crippen LogP contribution in [0, 0.1) is 13.8 Å². The van der Waals surface area contributed by atoms with Crippen molar-refractivity contribution < 1.29 is 17.9 Å². The molecule has 144 valence electrons. The third kappa shape index (κ3) is 3.99. The summed E-state index contributed by atoms with van der Waals surface area (Å²) in [5.41, 5.74) is 2.69. The topological polar surface area (TPSA) is 75.7 Å². The second-order valence-electron chi connectivity index (χ2n) is 6.76. The molecule has 0 aliphatic carbocycles. The maximum absolute atomic E-state index is 13.0. The molecule has 27 heavy (non-hydrogen) atoms. The zero-order chi connectivity index (χ0) is 19.6. The number of sulfonamides is 1. The van der Waals surface area contributed by atoms with E-state index in [1.807, 2.05) is 32.0 Å². The molecule has 7 heteroatoms. The average Bonchev–Trinajstić information content (AvgIpc) is 3.15. The maximum atomic E-state index is 13.0. The first-order valence-electron chi connectivity index (χ1n) is 8.87. The van der Waals surface area contributed by atoms with Crippen molar-refractivity contribution in [3.63, 3.8) is 0 Å². The van der Waals surface area contributed by atoms with Crippen LogP contribution in [0.3, 0.4) is 0 Å². The summed E-state index contributed by atoms with van der Waals surface area (Å²) < 4.78 is 32.4. The Kier molecular flexibility index (Phi) is 5.53. The molecule has 1 N–H and O–H groups in total. The molecule has 2 aromatic carbocycles. The first-order chi connectivity index (χ1) is 12.8. The Bertz CT molecular complexity index is 939. The van der Waals surface area contributed by atoms with E-state index in [-0.39, 0.29) is 10.8 Å². The number of ether oxygens (including phenoxy) is 1. The number of carbonyl (C=O) groups excluding carboxylic acids is 1. The van der Waals surface area contributed by atoms with Gasteiger partial charge in [0.2, 0.25) is 15.9 Å². The van der Waals surface area contributed by atoms with Gasteiger partial charge in [-0.2, -0.15) is 4.31 Å². The maximum Gasteiger partial charge on any atom is 0.243 e. The van der Waals surface area contributed by atoms with Gasteiger partial charge in [-0.05, 0) is 68.1 Å². The minimum atomic E-state index is -3.75. The van der Waals surface area contributed by atoms with Crippen LogP contribution in [0.25, 0.3) is 0 Å². The molecule has 1 saturated heterocycles. The fourth-order valence-electron chi connectivity index (χ4n) is 3.26. The van der Waals surface area contributed by atoms with Gasteiger partial charge in [0, 0.05) is 12.2 Å². The van der Waals surface area contributed by atoms with Gasteiger partial charge in [0.05, 0.1) is 12.0 Å². The number of methoxy groups -OCH3 is 1. The van der Waals surface area contributed by atoms with Crippen molar-refractivity contribution in [2.24, 2.45) is 0 Å². The Morgan fingerprint density at radius 3 is 2.52 bits per heavy atom. The smallest absolute Gasteiger partial charge is 0.243 e. The number of aryl methyl sites for hydroxylation is 2. The summed E-state index contributed by atoms with van der Waals surface area (Å²) in [6.45, 7) is 4.19. The van der Waals surface area contributed by atoms with E-state index in [1.165, 1.54) is 23.5 Å². The molecule has 0 bridgehead atoms. The molecule has 1 amide bonds. The van der Waals surface area contributed by atoms with Crippen LogP contribution in [-0.2, 0) is 14.8 Å². The predicted octanol–water partition coefficient (Wildman–Crippen LogP) is 3.10. The average molecular weight is 388 g/mol. The van der Waals surface area contributed by atoms with Gasteiger partial charge < -0.3 is 10.1 Å². The molecular weight excluding hydrogens is 364 g/mol. The van der Waals surface area contributed by atoms with Gasteiger partial charge in [-0.25, -0.2) is 8.42 Å². The molecule has 1 atom stereocenters. The Morgan fingerprint density at radius 2 is 1.85 bits per heavy atom. The first-order valence-corrected chi connectivity index (χ1v) is 10.3. The van der Waals surface area contributed by atoms with E-state index in [9.17, 15) is 13.2 Å². The number of benzene rings is 2. The molecule has 0 aromatic heterocycles. The lowest BCUT2D eigenvalue weighted by molar-refractivity contribution is -0.119. The van der Waals surface area contributed by atoms with Gasteiger partial charge in [-0.1, -0.05) is 12.1 Å². The van der Waals surface area contributed by atoms with E-state index in [2.05, 4.69) is 5.32 Å². The molecule has 0 spiro atoms. The largest absolute Gasteiger partial charge is 0.497 e. The van der Waals surface area contributed by atoms with Crippen molar-refractivity contribution in [1.82, 2.24) is 4.31 Å². The monoisotopic (exact) mass is 388 g/mol. The van der Waals surface area contributed by atoms with E-state index >= 15 is 0 Å². The van der Waals surface area contributed by atoms with E-state index in [4.69, 9.17) is 4.74 Å². The quantitative estimate of drug-likeness (QED) is 0.854. The number of hydrogen-bond donors (Lipinski definition) is 1. The van der Waals surface area contributed by atoms with E-state index < -0.39 is 16.1 Å². The molecular formula is C20H24N2O4S. The molecule has 2 aromatic rings. The van der Waals surface area contributed by atoms with Crippen LogP contribution < -0.4 is 10.1 Å². The normalized spacial score (nSPS) is 17.7. The summed E-state index contributed by atoms with van der Waals surface area (Å²) in [7, 11) is -2.23. The standard InChI is InChI=1S/C20H24N2O4S/c1-14-6-7-15(2)18(13-14)21-20(23)19-5-4-12-22(19)27(24,25)17-10-8-16(26-3)9-11-17/h6-11,13,19H,4-5,12H2,1-3H3,(H,21,23). The van der Waals surface area contributed by atoms with Crippen LogP contribution in [0.5, 0.6) is 5.75 Å². The lowest BCUT2D eigenvalue weighted by Crippen LogP contribution is -2.43. The van der Waals surface area contributed by atoms with Crippen LogP contribution >= 0.6 is 0 Å². The Balaban J connectivity index is 1.83. The highest BCUT2D eigenvalue weighted by molar-refractivity contribution is 7.89. The molecule has 1 aliphatic rings. The number of nitrogens with zero attached hydrogens (tertiary/aromatic N) is 1. The SMILES string of the molecule is COc1ccc(S(=O)(=O)N2CCCC2C(=O)Nc2cc(C)ccc2C)cc1. The zero-order valence-corrected chi connectivity index (χ0v) is 16.5. The van der Waals surface area contributed by atoms with Crippen LogP contribution in [0.1, 0.15) is 24.0 Å².